The van der Waals surface area contributed by atoms with Crippen molar-refractivity contribution in [2.24, 2.45) is 0 Å². The molecule has 1 N–H and O–H groups in total. The predicted molar refractivity (Wildman–Crippen MR) is 63.3 cm³/mol. The van der Waals surface area contributed by atoms with E-state index in [9.17, 15) is 8.78 Å². The van der Waals surface area contributed by atoms with E-state index in [2.05, 4.69) is 22.3 Å². The van der Waals surface area contributed by atoms with Crippen LogP contribution in [0, 0.1) is 11.6 Å². The van der Waals surface area contributed by atoms with Crippen LogP contribution >= 0.6 is 0 Å². The number of aromatic nitrogens is 3. The third-order valence-electron chi connectivity index (χ3n) is 2.47. The van der Waals surface area contributed by atoms with Crippen LogP contribution in [-0.2, 0) is 6.54 Å². The van der Waals surface area contributed by atoms with E-state index in [0.29, 0.717) is 12.4 Å². The van der Waals surface area contributed by atoms with Gasteiger partial charge in [-0.15, -0.1) is 0 Å². The zero-order chi connectivity index (χ0) is 13.0. The van der Waals surface area contributed by atoms with Gasteiger partial charge in [-0.2, -0.15) is 5.10 Å². The minimum Gasteiger partial charge on any atom is -0.310 e. The Labute approximate surface area is 104 Å². The normalized spacial score (nSPS) is 10.8. The molecule has 1 aromatic heterocycles. The van der Waals surface area contributed by atoms with E-state index in [4.69, 9.17) is 0 Å². The lowest BCUT2D eigenvalue weighted by molar-refractivity contribution is 0.566. The zero-order valence-corrected chi connectivity index (χ0v) is 10.0. The van der Waals surface area contributed by atoms with Crippen LogP contribution in [0.3, 0.4) is 0 Å². The van der Waals surface area contributed by atoms with Crippen molar-refractivity contribution in [3.05, 3.63) is 42.0 Å². The molecular formula is C12H14F2N4. The van der Waals surface area contributed by atoms with E-state index in [1.807, 2.05) is 0 Å². The van der Waals surface area contributed by atoms with Gasteiger partial charge in [-0.25, -0.2) is 18.4 Å². The number of rotatable bonds is 5. The van der Waals surface area contributed by atoms with Gasteiger partial charge in [0.1, 0.15) is 23.7 Å². The standard InChI is InChI=1S/C12H14F2N4/c1-2-5-15-7-12-16-8-17-18(12)11-4-3-9(13)6-10(11)14/h3-4,6,8,15H,2,5,7H2,1H3. The average Bonchev–Trinajstić information content (AvgIpc) is 2.78. The number of hydrogen-bond acceptors (Lipinski definition) is 3. The molecule has 0 aliphatic carbocycles. The van der Waals surface area contributed by atoms with Crippen molar-refractivity contribution in [3.8, 4) is 5.69 Å². The summed E-state index contributed by atoms with van der Waals surface area (Å²) in [4.78, 5) is 4.06. The van der Waals surface area contributed by atoms with Crippen molar-refractivity contribution in [2.45, 2.75) is 19.9 Å². The minimum atomic E-state index is -0.655. The smallest absolute Gasteiger partial charge is 0.151 e. The largest absolute Gasteiger partial charge is 0.310 e. The molecule has 0 radical (unpaired) electrons. The lowest BCUT2D eigenvalue weighted by Crippen LogP contribution is -2.18. The highest BCUT2D eigenvalue weighted by molar-refractivity contribution is 5.33. The van der Waals surface area contributed by atoms with Crippen LogP contribution in [0.2, 0.25) is 0 Å². The lowest BCUT2D eigenvalue weighted by Gasteiger charge is -2.07. The number of nitrogens with one attached hydrogen (secondary N) is 1. The highest BCUT2D eigenvalue weighted by Crippen LogP contribution is 2.14. The lowest BCUT2D eigenvalue weighted by atomic mass is 10.3. The SMILES string of the molecule is CCCNCc1ncnn1-c1ccc(F)cc1F. The Bertz CT molecular complexity index is 525. The molecule has 0 saturated carbocycles. The monoisotopic (exact) mass is 252 g/mol. The molecule has 0 amide bonds. The van der Waals surface area contributed by atoms with Gasteiger partial charge in [0.25, 0.3) is 0 Å². The second kappa shape index (κ2) is 5.68. The zero-order valence-electron chi connectivity index (χ0n) is 10.0. The van der Waals surface area contributed by atoms with Crippen molar-refractivity contribution < 1.29 is 8.78 Å². The Hall–Kier alpha value is -1.82. The van der Waals surface area contributed by atoms with E-state index in [1.165, 1.54) is 23.1 Å². The molecule has 18 heavy (non-hydrogen) atoms. The third-order valence-corrected chi connectivity index (χ3v) is 2.47. The molecule has 6 heteroatoms. The maximum absolute atomic E-state index is 13.6. The Balaban J connectivity index is 2.25. The summed E-state index contributed by atoms with van der Waals surface area (Å²) < 4.78 is 27.8. The van der Waals surface area contributed by atoms with E-state index < -0.39 is 11.6 Å². The molecule has 1 aromatic carbocycles. The molecule has 2 aromatic rings. The third kappa shape index (κ3) is 2.70. The first-order valence-electron chi connectivity index (χ1n) is 5.77. The molecule has 2 rings (SSSR count). The fraction of sp³-hybridized carbons (Fsp3) is 0.333. The highest BCUT2D eigenvalue weighted by atomic mass is 19.1. The Morgan fingerprint density at radius 3 is 2.89 bits per heavy atom. The van der Waals surface area contributed by atoms with Crippen molar-refractivity contribution in [3.63, 3.8) is 0 Å². The molecule has 0 unspecified atom stereocenters. The molecular weight excluding hydrogens is 238 g/mol. The van der Waals surface area contributed by atoms with E-state index >= 15 is 0 Å². The summed E-state index contributed by atoms with van der Waals surface area (Å²) in [6, 6.07) is 3.38. The van der Waals surface area contributed by atoms with Crippen LogP contribution in [-0.4, -0.2) is 21.3 Å². The first-order valence-corrected chi connectivity index (χ1v) is 5.77. The Kier molecular flexibility index (Phi) is 3.99. The number of benzene rings is 1. The van der Waals surface area contributed by atoms with Gasteiger partial charge in [-0.1, -0.05) is 6.92 Å². The summed E-state index contributed by atoms with van der Waals surface area (Å²) in [6.07, 6.45) is 2.35. The van der Waals surface area contributed by atoms with Gasteiger partial charge in [0.15, 0.2) is 5.82 Å². The second-order valence-electron chi connectivity index (χ2n) is 3.86. The summed E-state index contributed by atoms with van der Waals surface area (Å²) in [5.41, 5.74) is 0.196. The van der Waals surface area contributed by atoms with Crippen LogP contribution in [0.25, 0.3) is 5.69 Å². The molecule has 96 valence electrons. The average molecular weight is 252 g/mol. The summed E-state index contributed by atoms with van der Waals surface area (Å²) in [6.45, 7) is 3.39. The van der Waals surface area contributed by atoms with Gasteiger partial charge in [0.05, 0.1) is 6.54 Å². The van der Waals surface area contributed by atoms with E-state index in [0.717, 1.165) is 19.0 Å². The second-order valence-corrected chi connectivity index (χ2v) is 3.86. The van der Waals surface area contributed by atoms with E-state index in [1.54, 1.807) is 0 Å². The molecule has 0 spiro atoms. The van der Waals surface area contributed by atoms with E-state index in [-0.39, 0.29) is 5.69 Å². The first-order chi connectivity index (χ1) is 8.72. The van der Waals surface area contributed by atoms with Crippen LogP contribution in [0.4, 0.5) is 8.78 Å². The number of hydrogen-bond donors (Lipinski definition) is 1. The summed E-state index contributed by atoms with van der Waals surface area (Å²) in [7, 11) is 0. The van der Waals surface area contributed by atoms with Gasteiger partial charge in [-0.3, -0.25) is 0 Å². The van der Waals surface area contributed by atoms with Gasteiger partial charge in [-0.05, 0) is 25.1 Å². The molecule has 0 aliphatic heterocycles. The van der Waals surface area contributed by atoms with Crippen LogP contribution in [0.15, 0.2) is 24.5 Å². The molecule has 0 fully saturated rings. The number of halogens is 2. The quantitative estimate of drug-likeness (QED) is 0.828. The summed E-state index contributed by atoms with van der Waals surface area (Å²) >= 11 is 0. The molecule has 0 atom stereocenters. The molecule has 1 heterocycles. The molecule has 4 nitrogen and oxygen atoms in total. The van der Waals surface area contributed by atoms with Crippen molar-refractivity contribution in [1.29, 1.82) is 0 Å². The van der Waals surface area contributed by atoms with Gasteiger partial charge in [0, 0.05) is 6.07 Å². The Morgan fingerprint density at radius 1 is 1.33 bits per heavy atom. The topological polar surface area (TPSA) is 42.7 Å². The van der Waals surface area contributed by atoms with Crippen molar-refractivity contribution in [1.82, 2.24) is 20.1 Å². The van der Waals surface area contributed by atoms with Crippen LogP contribution < -0.4 is 5.32 Å². The summed E-state index contributed by atoms with van der Waals surface area (Å²) in [5.74, 6) is -0.673. The maximum atomic E-state index is 13.6. The van der Waals surface area contributed by atoms with Gasteiger partial charge >= 0.3 is 0 Å². The molecule has 0 bridgehead atoms. The van der Waals surface area contributed by atoms with Crippen molar-refractivity contribution in [2.75, 3.05) is 6.54 Å². The van der Waals surface area contributed by atoms with Gasteiger partial charge < -0.3 is 5.32 Å². The van der Waals surface area contributed by atoms with Gasteiger partial charge in [0.2, 0.25) is 0 Å². The molecule has 0 aliphatic rings. The number of nitrogens with zero attached hydrogens (tertiary/aromatic N) is 3. The predicted octanol–water partition coefficient (Wildman–Crippen LogP) is 2.05. The fourth-order valence-corrected chi connectivity index (χ4v) is 1.62. The fourth-order valence-electron chi connectivity index (χ4n) is 1.62. The maximum Gasteiger partial charge on any atom is 0.151 e. The van der Waals surface area contributed by atoms with Crippen molar-refractivity contribution >= 4 is 0 Å². The first kappa shape index (κ1) is 12.6. The van der Waals surface area contributed by atoms with Crippen LogP contribution in [0.5, 0.6) is 0 Å². The van der Waals surface area contributed by atoms with Crippen LogP contribution in [0.1, 0.15) is 19.2 Å². The Morgan fingerprint density at radius 2 is 2.17 bits per heavy atom. The minimum absolute atomic E-state index is 0.196. The summed E-state index contributed by atoms with van der Waals surface area (Å²) in [5, 5.41) is 7.12. The highest BCUT2D eigenvalue weighted by Gasteiger charge is 2.11. The molecule has 0 saturated heterocycles.